The molecule has 1 fully saturated rings. The summed E-state index contributed by atoms with van der Waals surface area (Å²) in [5.74, 6) is -1.02. The lowest BCUT2D eigenvalue weighted by Gasteiger charge is -2.32. The van der Waals surface area contributed by atoms with Gasteiger partial charge in [-0.15, -0.1) is 0 Å². The molecule has 1 aliphatic rings. The fourth-order valence-corrected chi connectivity index (χ4v) is 6.23. The van der Waals surface area contributed by atoms with Gasteiger partial charge in [0.15, 0.2) is 0 Å². The van der Waals surface area contributed by atoms with E-state index in [0.717, 1.165) is 36.2 Å². The highest BCUT2D eigenvalue weighted by atomic mass is 35.5. The molecule has 0 bridgehead atoms. The average molecular weight is 587 g/mol. The Bertz CT molecular complexity index is 1200. The van der Waals surface area contributed by atoms with Crippen LogP contribution < -0.4 is 9.62 Å². The van der Waals surface area contributed by atoms with Crippen LogP contribution in [0.4, 0.5) is 10.1 Å². The maximum absolute atomic E-state index is 13.6. The number of anilines is 1. The van der Waals surface area contributed by atoms with Crippen molar-refractivity contribution in [2.24, 2.45) is 0 Å². The first-order valence-electron chi connectivity index (χ1n) is 12.8. The standard InChI is InChI=1S/C27H34Cl2FN3O4S/c1-3-25(27(35)31-20-8-4-5-9-20)32(18-22-23(28)10-6-11-24(22)29)26(34)12-7-17-33(38(2,36)37)21-15-13-19(30)14-16-21/h6,10-11,13-16,20,25H,3-5,7-9,12,17-18H2,1-2H3,(H,31,35). The molecular weight excluding hydrogens is 552 g/mol. The zero-order valence-electron chi connectivity index (χ0n) is 21.6. The molecular formula is C27H34Cl2FN3O4S. The van der Waals surface area contributed by atoms with Gasteiger partial charge >= 0.3 is 0 Å². The largest absolute Gasteiger partial charge is 0.352 e. The summed E-state index contributed by atoms with van der Waals surface area (Å²) in [5, 5.41) is 3.86. The van der Waals surface area contributed by atoms with Gasteiger partial charge in [0, 0.05) is 41.2 Å². The van der Waals surface area contributed by atoms with E-state index < -0.39 is 21.9 Å². The number of benzene rings is 2. The Morgan fingerprint density at radius 2 is 1.68 bits per heavy atom. The lowest BCUT2D eigenvalue weighted by molar-refractivity contribution is -0.141. The van der Waals surface area contributed by atoms with Crippen LogP contribution in [0.25, 0.3) is 0 Å². The van der Waals surface area contributed by atoms with Crippen molar-refractivity contribution in [3.05, 3.63) is 63.9 Å². The molecule has 0 aliphatic heterocycles. The lowest BCUT2D eigenvalue weighted by atomic mass is 10.1. The number of amides is 2. The van der Waals surface area contributed by atoms with Crippen molar-refractivity contribution in [1.29, 1.82) is 0 Å². The summed E-state index contributed by atoms with van der Waals surface area (Å²) in [4.78, 5) is 28.3. The van der Waals surface area contributed by atoms with Crippen LogP contribution in [0.1, 0.15) is 57.4 Å². The minimum absolute atomic E-state index is 0.0114. The summed E-state index contributed by atoms with van der Waals surface area (Å²) in [6.45, 7) is 1.90. The second-order valence-electron chi connectivity index (χ2n) is 9.55. The van der Waals surface area contributed by atoms with Gasteiger partial charge in [0.2, 0.25) is 21.8 Å². The van der Waals surface area contributed by atoms with Gasteiger partial charge in [0.1, 0.15) is 11.9 Å². The lowest BCUT2D eigenvalue weighted by Crippen LogP contribution is -2.51. The normalized spacial score (nSPS) is 14.8. The van der Waals surface area contributed by atoms with Crippen LogP contribution in [0.5, 0.6) is 0 Å². The predicted molar refractivity (Wildman–Crippen MR) is 149 cm³/mol. The number of nitrogens with one attached hydrogen (secondary N) is 1. The maximum Gasteiger partial charge on any atom is 0.243 e. The van der Waals surface area contributed by atoms with E-state index in [9.17, 15) is 22.4 Å². The Kier molecular flexibility index (Phi) is 10.8. The number of hydrogen-bond donors (Lipinski definition) is 1. The SMILES string of the molecule is CCC(C(=O)NC1CCCC1)N(Cc1c(Cl)cccc1Cl)C(=O)CCCN(c1ccc(F)cc1)S(C)(=O)=O. The van der Waals surface area contributed by atoms with Crippen LogP contribution in [0.2, 0.25) is 10.0 Å². The molecule has 0 saturated heterocycles. The molecule has 1 N–H and O–H groups in total. The molecule has 1 aliphatic carbocycles. The van der Waals surface area contributed by atoms with Crippen molar-refractivity contribution in [2.75, 3.05) is 17.1 Å². The van der Waals surface area contributed by atoms with Gasteiger partial charge < -0.3 is 10.2 Å². The molecule has 0 radical (unpaired) electrons. The van der Waals surface area contributed by atoms with Crippen molar-refractivity contribution >= 4 is 50.7 Å². The number of carbonyl (C=O) groups excluding carboxylic acids is 2. The fraction of sp³-hybridized carbons (Fsp3) is 0.481. The minimum atomic E-state index is -3.67. The fourth-order valence-electron chi connectivity index (χ4n) is 4.75. The third kappa shape index (κ3) is 8.07. The summed E-state index contributed by atoms with van der Waals surface area (Å²) in [6.07, 6.45) is 5.57. The van der Waals surface area contributed by atoms with Crippen molar-refractivity contribution in [2.45, 2.75) is 70.5 Å². The Balaban J connectivity index is 1.79. The molecule has 11 heteroatoms. The molecule has 2 aromatic rings. The third-order valence-electron chi connectivity index (χ3n) is 6.74. The summed E-state index contributed by atoms with van der Waals surface area (Å²) in [7, 11) is -3.67. The average Bonchev–Trinajstić information content (AvgIpc) is 3.36. The number of carbonyl (C=O) groups is 2. The molecule has 208 valence electrons. The first kappa shape index (κ1) is 30.2. The van der Waals surface area contributed by atoms with E-state index in [1.165, 1.54) is 29.2 Å². The first-order valence-corrected chi connectivity index (χ1v) is 15.4. The van der Waals surface area contributed by atoms with Gasteiger partial charge in [-0.3, -0.25) is 13.9 Å². The molecule has 1 unspecified atom stereocenters. The second kappa shape index (κ2) is 13.6. The highest BCUT2D eigenvalue weighted by molar-refractivity contribution is 7.92. The van der Waals surface area contributed by atoms with Crippen LogP contribution in [0.3, 0.4) is 0 Å². The monoisotopic (exact) mass is 585 g/mol. The summed E-state index contributed by atoms with van der Waals surface area (Å²) < 4.78 is 39.3. The van der Waals surface area contributed by atoms with E-state index in [1.807, 2.05) is 6.92 Å². The Morgan fingerprint density at radius 1 is 1.08 bits per heavy atom. The van der Waals surface area contributed by atoms with Crippen LogP contribution in [0.15, 0.2) is 42.5 Å². The van der Waals surface area contributed by atoms with Gasteiger partial charge in [-0.25, -0.2) is 12.8 Å². The summed E-state index contributed by atoms with van der Waals surface area (Å²) >= 11 is 12.8. The minimum Gasteiger partial charge on any atom is -0.352 e. The van der Waals surface area contributed by atoms with E-state index in [0.29, 0.717) is 27.7 Å². The maximum atomic E-state index is 13.6. The van der Waals surface area contributed by atoms with Crippen molar-refractivity contribution < 1.29 is 22.4 Å². The Labute approximate surface area is 234 Å². The molecule has 2 aromatic carbocycles. The van der Waals surface area contributed by atoms with Crippen LogP contribution in [0, 0.1) is 5.82 Å². The van der Waals surface area contributed by atoms with Gasteiger partial charge in [0.05, 0.1) is 11.9 Å². The molecule has 1 saturated carbocycles. The van der Waals surface area contributed by atoms with E-state index >= 15 is 0 Å². The quantitative estimate of drug-likeness (QED) is 0.354. The molecule has 2 amide bonds. The van der Waals surface area contributed by atoms with E-state index in [1.54, 1.807) is 18.2 Å². The van der Waals surface area contributed by atoms with Crippen molar-refractivity contribution in [1.82, 2.24) is 10.2 Å². The topological polar surface area (TPSA) is 86.8 Å². The molecule has 0 spiro atoms. The molecule has 38 heavy (non-hydrogen) atoms. The molecule has 1 atom stereocenters. The zero-order valence-corrected chi connectivity index (χ0v) is 24.0. The number of nitrogens with zero attached hydrogens (tertiary/aromatic N) is 2. The summed E-state index contributed by atoms with van der Waals surface area (Å²) in [5.41, 5.74) is 0.851. The number of hydrogen-bond acceptors (Lipinski definition) is 4. The first-order chi connectivity index (χ1) is 18.0. The summed E-state index contributed by atoms with van der Waals surface area (Å²) in [6, 6.07) is 9.55. The smallest absolute Gasteiger partial charge is 0.243 e. The molecule has 0 heterocycles. The van der Waals surface area contributed by atoms with Crippen molar-refractivity contribution in [3.63, 3.8) is 0 Å². The van der Waals surface area contributed by atoms with Crippen molar-refractivity contribution in [3.8, 4) is 0 Å². The number of rotatable bonds is 12. The second-order valence-corrected chi connectivity index (χ2v) is 12.3. The Hall–Kier alpha value is -2.36. The highest BCUT2D eigenvalue weighted by Crippen LogP contribution is 2.28. The van der Waals surface area contributed by atoms with Gasteiger partial charge in [0.25, 0.3) is 0 Å². The highest BCUT2D eigenvalue weighted by Gasteiger charge is 2.31. The zero-order chi connectivity index (χ0) is 27.9. The van der Waals surface area contributed by atoms with E-state index in [-0.39, 0.29) is 43.8 Å². The van der Waals surface area contributed by atoms with Gasteiger partial charge in [-0.1, -0.05) is 49.0 Å². The Morgan fingerprint density at radius 3 is 2.24 bits per heavy atom. The van der Waals surface area contributed by atoms with Crippen LogP contribution in [-0.2, 0) is 26.2 Å². The van der Waals surface area contributed by atoms with Crippen LogP contribution in [-0.4, -0.2) is 50.0 Å². The molecule has 3 rings (SSSR count). The molecule has 7 nitrogen and oxygen atoms in total. The molecule has 0 aromatic heterocycles. The van der Waals surface area contributed by atoms with E-state index in [4.69, 9.17) is 23.2 Å². The van der Waals surface area contributed by atoms with E-state index in [2.05, 4.69) is 5.32 Å². The van der Waals surface area contributed by atoms with Crippen LogP contribution >= 0.6 is 23.2 Å². The number of halogens is 3. The number of sulfonamides is 1. The predicted octanol–water partition coefficient (Wildman–Crippen LogP) is 5.54. The van der Waals surface area contributed by atoms with Gasteiger partial charge in [-0.2, -0.15) is 0 Å². The third-order valence-corrected chi connectivity index (χ3v) is 8.65. The van der Waals surface area contributed by atoms with Gasteiger partial charge in [-0.05, 0) is 62.1 Å².